The lowest BCUT2D eigenvalue weighted by molar-refractivity contribution is -0.113. The van der Waals surface area contributed by atoms with E-state index in [0.717, 1.165) is 11.3 Å². The standard InChI is InChI=1S/C23H21N7O2S/c1-3-29-22(18-11-7-8-12-19(18)32-2)27-28-23(29)33-15-20(31)26-21-16(13-24)14-25-30(21)17-9-5-4-6-10-17/h4-12,14H,3,15H2,1-2H3,(H,26,31). The summed E-state index contributed by atoms with van der Waals surface area (Å²) in [4.78, 5) is 12.8. The van der Waals surface area contributed by atoms with Crippen molar-refractivity contribution in [1.82, 2.24) is 24.5 Å². The SMILES string of the molecule is CCn1c(SCC(=O)Nc2c(C#N)cnn2-c2ccccc2)nnc1-c1ccccc1OC. The highest BCUT2D eigenvalue weighted by atomic mass is 32.2. The summed E-state index contributed by atoms with van der Waals surface area (Å²) in [7, 11) is 1.61. The van der Waals surface area contributed by atoms with Crippen molar-refractivity contribution >= 4 is 23.5 Å². The molecule has 33 heavy (non-hydrogen) atoms. The predicted molar refractivity (Wildman–Crippen MR) is 125 cm³/mol. The number of nitrogens with zero attached hydrogens (tertiary/aromatic N) is 6. The van der Waals surface area contributed by atoms with E-state index in [-0.39, 0.29) is 17.2 Å². The number of rotatable bonds is 8. The van der Waals surface area contributed by atoms with Gasteiger partial charge in [-0.15, -0.1) is 10.2 Å². The molecule has 0 bridgehead atoms. The van der Waals surface area contributed by atoms with Crippen molar-refractivity contribution in [3.63, 3.8) is 0 Å². The number of benzene rings is 2. The monoisotopic (exact) mass is 459 g/mol. The second-order valence-electron chi connectivity index (χ2n) is 6.85. The zero-order valence-corrected chi connectivity index (χ0v) is 18.9. The maximum Gasteiger partial charge on any atom is 0.236 e. The molecule has 2 heterocycles. The first-order valence-corrected chi connectivity index (χ1v) is 11.2. The van der Waals surface area contributed by atoms with E-state index in [9.17, 15) is 10.1 Å². The number of carbonyl (C=O) groups is 1. The van der Waals surface area contributed by atoms with Crippen LogP contribution in [0.15, 0.2) is 66.0 Å². The Morgan fingerprint density at radius 2 is 1.91 bits per heavy atom. The van der Waals surface area contributed by atoms with Crippen molar-refractivity contribution in [3.8, 4) is 28.9 Å². The Morgan fingerprint density at radius 3 is 2.64 bits per heavy atom. The van der Waals surface area contributed by atoms with E-state index in [4.69, 9.17) is 4.74 Å². The van der Waals surface area contributed by atoms with Crippen LogP contribution in [-0.2, 0) is 11.3 Å². The molecule has 1 N–H and O–H groups in total. The molecule has 0 aliphatic rings. The van der Waals surface area contributed by atoms with Gasteiger partial charge in [0, 0.05) is 6.54 Å². The maximum absolute atomic E-state index is 12.8. The molecule has 4 aromatic rings. The first kappa shape index (κ1) is 22.1. The normalized spacial score (nSPS) is 10.6. The zero-order chi connectivity index (χ0) is 23.2. The number of hydrogen-bond donors (Lipinski definition) is 1. The Labute approximate surface area is 195 Å². The topological polar surface area (TPSA) is 111 Å². The van der Waals surface area contributed by atoms with Crippen LogP contribution in [0, 0.1) is 11.3 Å². The van der Waals surface area contributed by atoms with Gasteiger partial charge in [0.05, 0.1) is 30.3 Å². The summed E-state index contributed by atoms with van der Waals surface area (Å²) in [5.41, 5.74) is 1.86. The summed E-state index contributed by atoms with van der Waals surface area (Å²) in [6, 6.07) is 19.0. The number of nitrogens with one attached hydrogen (secondary N) is 1. The van der Waals surface area contributed by atoms with Crippen molar-refractivity contribution < 1.29 is 9.53 Å². The van der Waals surface area contributed by atoms with Crippen LogP contribution in [0.25, 0.3) is 17.1 Å². The van der Waals surface area contributed by atoms with Gasteiger partial charge in [-0.05, 0) is 31.2 Å². The Morgan fingerprint density at radius 1 is 1.15 bits per heavy atom. The van der Waals surface area contributed by atoms with Gasteiger partial charge < -0.3 is 14.6 Å². The van der Waals surface area contributed by atoms with E-state index < -0.39 is 0 Å². The van der Waals surface area contributed by atoms with Crippen LogP contribution in [0.2, 0.25) is 0 Å². The van der Waals surface area contributed by atoms with Crippen LogP contribution in [0.4, 0.5) is 5.82 Å². The van der Waals surface area contributed by atoms with Crippen LogP contribution in [0.5, 0.6) is 5.75 Å². The molecule has 1 amide bonds. The molecule has 166 valence electrons. The summed E-state index contributed by atoms with van der Waals surface area (Å²) in [5.74, 6) is 1.52. The summed E-state index contributed by atoms with van der Waals surface area (Å²) in [6.07, 6.45) is 1.43. The van der Waals surface area contributed by atoms with E-state index >= 15 is 0 Å². The number of para-hydroxylation sites is 2. The Kier molecular flexibility index (Phi) is 6.71. The van der Waals surface area contributed by atoms with E-state index in [2.05, 4.69) is 26.7 Å². The average molecular weight is 460 g/mol. The first-order chi connectivity index (χ1) is 16.2. The lowest BCUT2D eigenvalue weighted by Crippen LogP contribution is -2.18. The van der Waals surface area contributed by atoms with Crippen LogP contribution >= 0.6 is 11.8 Å². The van der Waals surface area contributed by atoms with Crippen molar-refractivity contribution in [3.05, 3.63) is 66.4 Å². The fourth-order valence-corrected chi connectivity index (χ4v) is 4.13. The molecular formula is C23H21N7O2S. The molecule has 0 unspecified atom stereocenters. The molecule has 0 radical (unpaired) electrons. The molecule has 9 nitrogen and oxygen atoms in total. The van der Waals surface area contributed by atoms with Gasteiger partial charge in [-0.2, -0.15) is 10.4 Å². The number of hydrogen-bond acceptors (Lipinski definition) is 7. The Hall–Kier alpha value is -4.10. The number of nitriles is 1. The Balaban J connectivity index is 1.52. The molecule has 10 heteroatoms. The predicted octanol–water partition coefficient (Wildman–Crippen LogP) is 3.76. The quantitative estimate of drug-likeness (QED) is 0.399. The van der Waals surface area contributed by atoms with E-state index in [0.29, 0.717) is 29.1 Å². The van der Waals surface area contributed by atoms with Crippen molar-refractivity contribution in [2.24, 2.45) is 0 Å². The molecule has 2 aromatic carbocycles. The molecule has 4 rings (SSSR count). The number of anilines is 1. The third-order valence-electron chi connectivity index (χ3n) is 4.86. The molecule has 0 saturated heterocycles. The molecule has 0 saturated carbocycles. The lowest BCUT2D eigenvalue weighted by atomic mass is 10.2. The minimum atomic E-state index is -0.279. The van der Waals surface area contributed by atoms with Gasteiger partial charge in [-0.1, -0.05) is 42.1 Å². The second kappa shape index (κ2) is 10.0. The van der Waals surface area contributed by atoms with Gasteiger partial charge in [0.25, 0.3) is 0 Å². The number of aromatic nitrogens is 5. The van der Waals surface area contributed by atoms with Gasteiger partial charge in [0.2, 0.25) is 5.91 Å². The van der Waals surface area contributed by atoms with Crippen molar-refractivity contribution in [1.29, 1.82) is 5.26 Å². The molecule has 0 fully saturated rings. The number of amides is 1. The summed E-state index contributed by atoms with van der Waals surface area (Å²) in [5, 5.41) is 25.7. The number of ether oxygens (including phenoxy) is 1. The number of methoxy groups -OCH3 is 1. The molecule has 2 aromatic heterocycles. The first-order valence-electron chi connectivity index (χ1n) is 10.2. The van der Waals surface area contributed by atoms with Gasteiger partial charge >= 0.3 is 0 Å². The van der Waals surface area contributed by atoms with Gasteiger partial charge in [-0.3, -0.25) is 4.79 Å². The van der Waals surface area contributed by atoms with E-state index in [1.165, 1.54) is 22.6 Å². The van der Waals surface area contributed by atoms with E-state index in [1.54, 1.807) is 7.11 Å². The van der Waals surface area contributed by atoms with E-state index in [1.807, 2.05) is 66.1 Å². The van der Waals surface area contributed by atoms with Crippen molar-refractivity contribution in [2.45, 2.75) is 18.6 Å². The van der Waals surface area contributed by atoms with Gasteiger partial charge in [-0.25, -0.2) is 4.68 Å². The molecule has 0 spiro atoms. The highest BCUT2D eigenvalue weighted by Crippen LogP contribution is 2.31. The number of thioether (sulfide) groups is 1. The number of carbonyl (C=O) groups excluding carboxylic acids is 1. The van der Waals surface area contributed by atoms with Gasteiger partial charge in [0.15, 0.2) is 16.8 Å². The van der Waals surface area contributed by atoms with Crippen molar-refractivity contribution in [2.75, 3.05) is 18.2 Å². The third kappa shape index (κ3) is 4.58. The highest BCUT2D eigenvalue weighted by molar-refractivity contribution is 7.99. The minimum absolute atomic E-state index is 0.0922. The second-order valence-corrected chi connectivity index (χ2v) is 7.80. The van der Waals surface area contributed by atoms with Crippen LogP contribution in [0.3, 0.4) is 0 Å². The fraction of sp³-hybridized carbons (Fsp3) is 0.174. The molecule has 0 aliphatic carbocycles. The summed E-state index contributed by atoms with van der Waals surface area (Å²) < 4.78 is 8.92. The molecule has 0 aliphatic heterocycles. The average Bonchev–Trinajstić information content (AvgIpc) is 3.46. The smallest absolute Gasteiger partial charge is 0.236 e. The summed E-state index contributed by atoms with van der Waals surface area (Å²) >= 11 is 1.27. The summed E-state index contributed by atoms with van der Waals surface area (Å²) in [6.45, 7) is 2.62. The molecule has 0 atom stereocenters. The van der Waals surface area contributed by atoms with Crippen LogP contribution in [-0.4, -0.2) is 43.3 Å². The van der Waals surface area contributed by atoms with Crippen LogP contribution < -0.4 is 10.1 Å². The lowest BCUT2D eigenvalue weighted by Gasteiger charge is -2.11. The minimum Gasteiger partial charge on any atom is -0.496 e. The largest absolute Gasteiger partial charge is 0.496 e. The van der Waals surface area contributed by atoms with Crippen LogP contribution in [0.1, 0.15) is 12.5 Å². The molecular weight excluding hydrogens is 438 g/mol. The fourth-order valence-electron chi connectivity index (χ4n) is 3.32. The Bertz CT molecular complexity index is 1310. The van der Waals surface area contributed by atoms with Gasteiger partial charge in [0.1, 0.15) is 17.4 Å². The third-order valence-corrected chi connectivity index (χ3v) is 5.83. The highest BCUT2D eigenvalue weighted by Gasteiger charge is 2.19. The maximum atomic E-state index is 12.8. The zero-order valence-electron chi connectivity index (χ0n) is 18.1.